The molecule has 26 heavy (non-hydrogen) atoms. The van der Waals surface area contributed by atoms with Crippen LogP contribution in [0, 0.1) is 12.7 Å². The number of carbonyl (C=O) groups excluding carboxylic acids is 1. The van der Waals surface area contributed by atoms with E-state index >= 15 is 0 Å². The van der Waals surface area contributed by atoms with Crippen molar-refractivity contribution in [3.8, 4) is 0 Å². The van der Waals surface area contributed by atoms with Crippen LogP contribution in [0.15, 0.2) is 48.5 Å². The average molecular weight is 356 g/mol. The van der Waals surface area contributed by atoms with Gasteiger partial charge in [-0.1, -0.05) is 42.0 Å². The molecule has 1 atom stereocenters. The molecule has 0 radical (unpaired) electrons. The van der Waals surface area contributed by atoms with Crippen molar-refractivity contribution in [3.05, 3.63) is 71.0 Å². The molecular weight excluding hydrogens is 331 g/mol. The second-order valence-electron chi connectivity index (χ2n) is 6.68. The lowest BCUT2D eigenvalue weighted by Crippen LogP contribution is -2.44. The molecule has 1 heterocycles. The molecule has 0 spiro atoms. The number of hydrogen-bond acceptors (Lipinski definition) is 3. The van der Waals surface area contributed by atoms with Crippen LogP contribution in [0.3, 0.4) is 0 Å². The van der Waals surface area contributed by atoms with Gasteiger partial charge < -0.3 is 10.1 Å². The van der Waals surface area contributed by atoms with Crippen molar-refractivity contribution >= 4 is 5.91 Å². The lowest BCUT2D eigenvalue weighted by molar-refractivity contribution is -0.120. The molecule has 1 aliphatic heterocycles. The fourth-order valence-corrected chi connectivity index (χ4v) is 3.20. The molecule has 1 N–H and O–H groups in total. The second-order valence-corrected chi connectivity index (χ2v) is 6.68. The number of ether oxygens (including phenoxy) is 1. The van der Waals surface area contributed by atoms with Crippen LogP contribution in [0.25, 0.3) is 0 Å². The smallest absolute Gasteiger partial charge is 0.224 e. The first-order valence-corrected chi connectivity index (χ1v) is 9.01. The molecule has 2 aromatic rings. The Morgan fingerprint density at radius 1 is 1.12 bits per heavy atom. The molecule has 0 bridgehead atoms. The summed E-state index contributed by atoms with van der Waals surface area (Å²) in [5.41, 5.74) is 3.22. The minimum absolute atomic E-state index is 0.0537. The summed E-state index contributed by atoms with van der Waals surface area (Å²) in [4.78, 5) is 14.7. The highest BCUT2D eigenvalue weighted by Crippen LogP contribution is 2.22. The Hall–Kier alpha value is -2.24. The molecule has 1 fully saturated rings. The first kappa shape index (κ1) is 18.5. The number of aryl methyl sites for hydroxylation is 1. The summed E-state index contributed by atoms with van der Waals surface area (Å²) in [5, 5.41) is 3.04. The van der Waals surface area contributed by atoms with Crippen LogP contribution in [-0.4, -0.2) is 43.7 Å². The van der Waals surface area contributed by atoms with E-state index in [9.17, 15) is 9.18 Å². The van der Waals surface area contributed by atoms with Crippen molar-refractivity contribution < 1.29 is 13.9 Å². The predicted octanol–water partition coefficient (Wildman–Crippen LogP) is 2.87. The first-order chi connectivity index (χ1) is 12.6. The number of halogens is 1. The number of carbonyl (C=O) groups is 1. The van der Waals surface area contributed by atoms with Crippen molar-refractivity contribution in [2.75, 3.05) is 32.8 Å². The summed E-state index contributed by atoms with van der Waals surface area (Å²) in [5.74, 6) is -0.345. The van der Waals surface area contributed by atoms with Crippen LogP contribution in [0.5, 0.6) is 0 Å². The van der Waals surface area contributed by atoms with Crippen LogP contribution >= 0.6 is 0 Å². The SMILES string of the molecule is Cc1ccc([C@@H](CNC(=O)Cc2ccc(F)cc2)N2CCOCC2)cc1. The highest BCUT2D eigenvalue weighted by Gasteiger charge is 2.23. The van der Waals surface area contributed by atoms with Gasteiger partial charge in [-0.25, -0.2) is 4.39 Å². The predicted molar refractivity (Wildman–Crippen MR) is 99.4 cm³/mol. The number of morpholine rings is 1. The maximum atomic E-state index is 13.0. The van der Waals surface area contributed by atoms with Gasteiger partial charge in [0, 0.05) is 19.6 Å². The van der Waals surface area contributed by atoms with Crippen LogP contribution in [0.2, 0.25) is 0 Å². The van der Waals surface area contributed by atoms with Crippen LogP contribution in [0.1, 0.15) is 22.7 Å². The molecule has 4 nitrogen and oxygen atoms in total. The van der Waals surface area contributed by atoms with E-state index < -0.39 is 0 Å². The molecule has 0 unspecified atom stereocenters. The molecule has 3 rings (SSSR count). The fraction of sp³-hybridized carbons (Fsp3) is 0.381. The van der Waals surface area contributed by atoms with Gasteiger partial charge in [-0.05, 0) is 30.2 Å². The molecule has 1 saturated heterocycles. The van der Waals surface area contributed by atoms with Crippen molar-refractivity contribution in [3.63, 3.8) is 0 Å². The Kier molecular flexibility index (Phi) is 6.36. The van der Waals surface area contributed by atoms with Gasteiger partial charge in [0.05, 0.1) is 25.7 Å². The monoisotopic (exact) mass is 356 g/mol. The zero-order valence-corrected chi connectivity index (χ0v) is 15.1. The quantitative estimate of drug-likeness (QED) is 0.865. The van der Waals surface area contributed by atoms with Crippen molar-refractivity contribution in [2.45, 2.75) is 19.4 Å². The Balaban J connectivity index is 1.64. The van der Waals surface area contributed by atoms with E-state index in [1.54, 1.807) is 12.1 Å². The largest absolute Gasteiger partial charge is 0.379 e. The Morgan fingerprint density at radius 2 is 1.77 bits per heavy atom. The third kappa shape index (κ3) is 5.13. The van der Waals surface area contributed by atoms with Gasteiger partial charge in [-0.2, -0.15) is 0 Å². The van der Waals surface area contributed by atoms with Crippen molar-refractivity contribution in [2.24, 2.45) is 0 Å². The van der Waals surface area contributed by atoms with E-state index in [1.807, 2.05) is 0 Å². The minimum Gasteiger partial charge on any atom is -0.379 e. The number of nitrogens with one attached hydrogen (secondary N) is 1. The van der Waals surface area contributed by atoms with Gasteiger partial charge in [0.25, 0.3) is 0 Å². The van der Waals surface area contributed by atoms with Gasteiger partial charge in [0.1, 0.15) is 5.82 Å². The normalized spacial score (nSPS) is 16.2. The van der Waals surface area contributed by atoms with Gasteiger partial charge in [-0.3, -0.25) is 9.69 Å². The summed E-state index contributed by atoms with van der Waals surface area (Å²) < 4.78 is 18.4. The summed E-state index contributed by atoms with van der Waals surface area (Å²) in [7, 11) is 0. The number of hydrogen-bond donors (Lipinski definition) is 1. The minimum atomic E-state index is -0.291. The number of nitrogens with zero attached hydrogens (tertiary/aromatic N) is 1. The highest BCUT2D eigenvalue weighted by molar-refractivity contribution is 5.78. The average Bonchev–Trinajstić information content (AvgIpc) is 2.66. The van der Waals surface area contributed by atoms with Gasteiger partial charge in [0.15, 0.2) is 0 Å². The second kappa shape index (κ2) is 8.92. The molecule has 1 amide bonds. The standard InChI is InChI=1S/C21H25FN2O2/c1-16-2-6-18(7-3-16)20(24-10-12-26-13-11-24)15-23-21(25)14-17-4-8-19(22)9-5-17/h2-9,20H,10-15H2,1H3,(H,23,25)/t20-/m1/s1. The molecule has 2 aromatic carbocycles. The zero-order valence-electron chi connectivity index (χ0n) is 15.1. The van der Waals surface area contributed by atoms with E-state index in [-0.39, 0.29) is 24.2 Å². The number of amides is 1. The Labute approximate surface area is 154 Å². The number of rotatable bonds is 6. The van der Waals surface area contributed by atoms with E-state index in [4.69, 9.17) is 4.74 Å². The maximum Gasteiger partial charge on any atom is 0.224 e. The molecule has 0 aromatic heterocycles. The Morgan fingerprint density at radius 3 is 2.42 bits per heavy atom. The lowest BCUT2D eigenvalue weighted by atomic mass is 10.0. The molecular formula is C21H25FN2O2. The van der Waals surface area contributed by atoms with E-state index in [0.717, 1.165) is 18.7 Å². The summed E-state index contributed by atoms with van der Waals surface area (Å²) in [6.07, 6.45) is 0.254. The van der Waals surface area contributed by atoms with Crippen LogP contribution in [-0.2, 0) is 16.0 Å². The van der Waals surface area contributed by atoms with Crippen LogP contribution in [0.4, 0.5) is 4.39 Å². The Bertz CT molecular complexity index is 710. The molecule has 138 valence electrons. The molecule has 1 aliphatic rings. The van der Waals surface area contributed by atoms with Crippen molar-refractivity contribution in [1.82, 2.24) is 10.2 Å². The van der Waals surface area contributed by atoms with Gasteiger partial charge in [-0.15, -0.1) is 0 Å². The summed E-state index contributed by atoms with van der Waals surface area (Å²) in [6.45, 7) is 5.75. The molecule has 5 heteroatoms. The summed E-state index contributed by atoms with van der Waals surface area (Å²) >= 11 is 0. The van der Waals surface area contributed by atoms with Crippen molar-refractivity contribution in [1.29, 1.82) is 0 Å². The van der Waals surface area contributed by atoms with E-state index in [1.165, 1.54) is 23.3 Å². The first-order valence-electron chi connectivity index (χ1n) is 9.01. The number of benzene rings is 2. The van der Waals surface area contributed by atoms with E-state index in [2.05, 4.69) is 41.4 Å². The molecule has 0 saturated carbocycles. The summed E-state index contributed by atoms with van der Waals surface area (Å²) in [6, 6.07) is 14.6. The van der Waals surface area contributed by atoms with Crippen LogP contribution < -0.4 is 5.32 Å². The van der Waals surface area contributed by atoms with Gasteiger partial charge in [0.2, 0.25) is 5.91 Å². The van der Waals surface area contributed by atoms with E-state index in [0.29, 0.717) is 19.8 Å². The third-order valence-corrected chi connectivity index (χ3v) is 4.72. The fourth-order valence-electron chi connectivity index (χ4n) is 3.20. The lowest BCUT2D eigenvalue weighted by Gasteiger charge is -2.35. The molecule has 0 aliphatic carbocycles. The zero-order chi connectivity index (χ0) is 18.4. The highest BCUT2D eigenvalue weighted by atomic mass is 19.1. The maximum absolute atomic E-state index is 13.0. The topological polar surface area (TPSA) is 41.6 Å². The third-order valence-electron chi connectivity index (χ3n) is 4.72. The van der Waals surface area contributed by atoms with Gasteiger partial charge >= 0.3 is 0 Å².